The van der Waals surface area contributed by atoms with E-state index in [1.54, 1.807) is 6.07 Å². The Balaban J connectivity index is 1.87. The number of rotatable bonds is 7. The van der Waals surface area contributed by atoms with Crippen molar-refractivity contribution < 1.29 is 26.4 Å². The molecule has 0 radical (unpaired) electrons. The van der Waals surface area contributed by atoms with Crippen LogP contribution in [0.4, 0.5) is 13.2 Å². The van der Waals surface area contributed by atoms with Gasteiger partial charge in [-0.15, -0.1) is 0 Å². The second-order valence-electron chi connectivity index (χ2n) is 6.05. The number of hydrogen-bond donors (Lipinski definition) is 1. The third kappa shape index (κ3) is 6.22. The summed E-state index contributed by atoms with van der Waals surface area (Å²) in [5.74, 6) is -0.353. The summed E-state index contributed by atoms with van der Waals surface area (Å²) in [4.78, 5) is 13.4. The van der Waals surface area contributed by atoms with Gasteiger partial charge < -0.3 is 4.90 Å². The van der Waals surface area contributed by atoms with Gasteiger partial charge in [0.15, 0.2) is 0 Å². The topological polar surface area (TPSA) is 66.5 Å². The third-order valence-electron chi connectivity index (χ3n) is 3.86. The summed E-state index contributed by atoms with van der Waals surface area (Å²) >= 11 is 5.77. The van der Waals surface area contributed by atoms with Gasteiger partial charge in [-0.05, 0) is 35.9 Å². The fraction of sp³-hybridized carbons (Fsp3) is 0.278. The zero-order valence-corrected chi connectivity index (χ0v) is 16.4. The van der Waals surface area contributed by atoms with E-state index in [1.807, 2.05) is 0 Å². The molecule has 0 spiro atoms. The smallest absolute Gasteiger partial charge is 0.341 e. The second kappa shape index (κ2) is 8.93. The van der Waals surface area contributed by atoms with Crippen LogP contribution in [0.5, 0.6) is 0 Å². The van der Waals surface area contributed by atoms with Crippen molar-refractivity contribution in [1.82, 2.24) is 9.62 Å². The minimum absolute atomic E-state index is 0.00874. The van der Waals surface area contributed by atoms with E-state index in [0.29, 0.717) is 5.56 Å². The van der Waals surface area contributed by atoms with E-state index in [2.05, 4.69) is 4.72 Å². The van der Waals surface area contributed by atoms with E-state index < -0.39 is 21.8 Å². The largest absolute Gasteiger partial charge is 0.416 e. The van der Waals surface area contributed by atoms with Crippen molar-refractivity contribution in [2.75, 3.05) is 13.6 Å². The fourth-order valence-electron chi connectivity index (χ4n) is 2.36. The second-order valence-corrected chi connectivity index (χ2v) is 8.25. The van der Waals surface area contributed by atoms with Gasteiger partial charge in [-0.3, -0.25) is 4.79 Å². The standard InChI is InChI=1S/C18H18ClF3N2O3S/c1-24(12-13-5-7-14(8-6-13)18(20,21)22)17(25)9-10-23-28(26,27)16-4-2-3-15(19)11-16/h2-8,11,23H,9-10,12H2,1H3. The van der Waals surface area contributed by atoms with Crippen molar-refractivity contribution in [3.63, 3.8) is 0 Å². The van der Waals surface area contributed by atoms with Crippen LogP contribution in [0.1, 0.15) is 17.5 Å². The number of halogens is 4. The van der Waals surface area contributed by atoms with E-state index in [0.717, 1.165) is 12.1 Å². The van der Waals surface area contributed by atoms with Gasteiger partial charge in [-0.1, -0.05) is 29.8 Å². The maximum absolute atomic E-state index is 12.6. The SMILES string of the molecule is CN(Cc1ccc(C(F)(F)F)cc1)C(=O)CCNS(=O)(=O)c1cccc(Cl)c1. The normalized spacial score (nSPS) is 12.0. The van der Waals surface area contributed by atoms with Crippen LogP contribution in [0.3, 0.4) is 0 Å². The summed E-state index contributed by atoms with van der Waals surface area (Å²) in [5.41, 5.74) is -0.232. The first-order valence-corrected chi connectivity index (χ1v) is 10.0. The number of nitrogens with one attached hydrogen (secondary N) is 1. The molecule has 0 aliphatic rings. The molecule has 0 fully saturated rings. The average Bonchev–Trinajstić information content (AvgIpc) is 2.61. The zero-order valence-electron chi connectivity index (χ0n) is 14.8. The molecule has 152 valence electrons. The van der Waals surface area contributed by atoms with Crippen LogP contribution in [0.15, 0.2) is 53.4 Å². The Morgan fingerprint density at radius 2 is 1.79 bits per heavy atom. The molecule has 0 saturated heterocycles. The highest BCUT2D eigenvalue weighted by Gasteiger charge is 2.30. The van der Waals surface area contributed by atoms with Crippen LogP contribution in [0.25, 0.3) is 0 Å². The van der Waals surface area contributed by atoms with Gasteiger partial charge in [0.05, 0.1) is 10.5 Å². The number of amides is 1. The van der Waals surface area contributed by atoms with Gasteiger partial charge in [0.2, 0.25) is 15.9 Å². The van der Waals surface area contributed by atoms with Gasteiger partial charge >= 0.3 is 6.18 Å². The molecule has 2 aromatic carbocycles. The number of alkyl halides is 3. The molecule has 2 rings (SSSR count). The molecule has 0 aliphatic carbocycles. The molecule has 0 saturated carbocycles. The van der Waals surface area contributed by atoms with E-state index in [1.165, 1.54) is 42.3 Å². The van der Waals surface area contributed by atoms with Crippen molar-refractivity contribution in [2.24, 2.45) is 0 Å². The molecule has 0 heterocycles. The number of carbonyl (C=O) groups is 1. The fourth-order valence-corrected chi connectivity index (χ4v) is 3.69. The van der Waals surface area contributed by atoms with Crippen LogP contribution in [0.2, 0.25) is 5.02 Å². The Labute approximate surface area is 166 Å². The minimum Gasteiger partial charge on any atom is -0.341 e. The maximum atomic E-state index is 12.6. The summed E-state index contributed by atoms with van der Waals surface area (Å²) < 4.78 is 64.3. The molecular weight excluding hydrogens is 417 g/mol. The summed E-state index contributed by atoms with van der Waals surface area (Å²) in [6.45, 7) is -0.0109. The predicted octanol–water partition coefficient (Wildman–Crippen LogP) is 3.69. The lowest BCUT2D eigenvalue weighted by atomic mass is 10.1. The lowest BCUT2D eigenvalue weighted by Crippen LogP contribution is -2.32. The molecule has 28 heavy (non-hydrogen) atoms. The first kappa shape index (κ1) is 22.2. The van der Waals surface area contributed by atoms with Crippen LogP contribution in [-0.4, -0.2) is 32.8 Å². The van der Waals surface area contributed by atoms with Crippen molar-refractivity contribution in [1.29, 1.82) is 0 Å². The van der Waals surface area contributed by atoms with Crippen LogP contribution >= 0.6 is 11.6 Å². The van der Waals surface area contributed by atoms with Gasteiger partial charge in [0.1, 0.15) is 0 Å². The Hall–Kier alpha value is -2.10. The number of carbonyl (C=O) groups excluding carboxylic acids is 1. The Morgan fingerprint density at radius 3 is 2.36 bits per heavy atom. The van der Waals surface area contributed by atoms with E-state index in [-0.39, 0.29) is 35.3 Å². The van der Waals surface area contributed by atoms with E-state index >= 15 is 0 Å². The van der Waals surface area contributed by atoms with Crippen molar-refractivity contribution in [2.45, 2.75) is 24.0 Å². The number of nitrogens with zero attached hydrogens (tertiary/aromatic N) is 1. The molecule has 10 heteroatoms. The molecule has 5 nitrogen and oxygen atoms in total. The van der Waals surface area contributed by atoms with Crippen molar-refractivity contribution in [3.05, 3.63) is 64.7 Å². The highest BCUT2D eigenvalue weighted by atomic mass is 35.5. The van der Waals surface area contributed by atoms with Gasteiger partial charge in [-0.2, -0.15) is 13.2 Å². The summed E-state index contributed by atoms with van der Waals surface area (Å²) in [6.07, 6.45) is -4.52. The molecule has 2 aromatic rings. The Morgan fingerprint density at radius 1 is 1.14 bits per heavy atom. The number of sulfonamides is 1. The number of hydrogen-bond acceptors (Lipinski definition) is 3. The summed E-state index contributed by atoms with van der Waals surface area (Å²) in [5, 5.41) is 0.273. The minimum atomic E-state index is -4.42. The van der Waals surface area contributed by atoms with Gasteiger partial charge in [0, 0.05) is 31.6 Å². The van der Waals surface area contributed by atoms with Gasteiger partial charge in [-0.25, -0.2) is 13.1 Å². The number of benzene rings is 2. The molecule has 1 N–H and O–H groups in total. The first-order chi connectivity index (χ1) is 13.0. The van der Waals surface area contributed by atoms with E-state index in [4.69, 9.17) is 11.6 Å². The Bertz CT molecular complexity index is 932. The van der Waals surface area contributed by atoms with Crippen LogP contribution in [0, 0.1) is 0 Å². The molecule has 0 bridgehead atoms. The molecule has 0 aromatic heterocycles. The first-order valence-electron chi connectivity index (χ1n) is 8.14. The van der Waals surface area contributed by atoms with Crippen LogP contribution < -0.4 is 4.72 Å². The van der Waals surface area contributed by atoms with Gasteiger partial charge in [0.25, 0.3) is 0 Å². The van der Waals surface area contributed by atoms with Crippen LogP contribution in [-0.2, 0) is 27.5 Å². The summed E-state index contributed by atoms with van der Waals surface area (Å²) in [7, 11) is -2.30. The molecular formula is C18H18ClF3N2O3S. The molecule has 0 aliphatic heterocycles. The van der Waals surface area contributed by atoms with E-state index in [9.17, 15) is 26.4 Å². The van der Waals surface area contributed by atoms with Crippen molar-refractivity contribution >= 4 is 27.5 Å². The predicted molar refractivity (Wildman–Crippen MR) is 99.2 cm³/mol. The third-order valence-corrected chi connectivity index (χ3v) is 5.56. The lowest BCUT2D eigenvalue weighted by Gasteiger charge is -2.18. The lowest BCUT2D eigenvalue weighted by molar-refractivity contribution is -0.137. The monoisotopic (exact) mass is 434 g/mol. The highest BCUT2D eigenvalue weighted by Crippen LogP contribution is 2.29. The average molecular weight is 435 g/mol. The maximum Gasteiger partial charge on any atom is 0.416 e. The Kier molecular flexibility index (Phi) is 7.08. The molecule has 1 amide bonds. The zero-order chi connectivity index (χ0) is 20.9. The quantitative estimate of drug-likeness (QED) is 0.722. The molecule has 0 unspecified atom stereocenters. The molecule has 0 atom stereocenters. The highest BCUT2D eigenvalue weighted by molar-refractivity contribution is 7.89. The summed E-state index contributed by atoms with van der Waals surface area (Å²) in [6, 6.07) is 10.2. The van der Waals surface area contributed by atoms with Crippen molar-refractivity contribution in [3.8, 4) is 0 Å².